The van der Waals surface area contributed by atoms with Gasteiger partial charge < -0.3 is 14.8 Å². The van der Waals surface area contributed by atoms with Gasteiger partial charge in [0.2, 0.25) is 11.7 Å². The lowest BCUT2D eigenvalue weighted by molar-refractivity contribution is -0.114. The highest BCUT2D eigenvalue weighted by Gasteiger charge is 2.25. The smallest absolute Gasteiger partial charge is 0.343 e. The van der Waals surface area contributed by atoms with E-state index in [-0.39, 0.29) is 23.8 Å². The van der Waals surface area contributed by atoms with Gasteiger partial charge in [0.15, 0.2) is 0 Å². The minimum atomic E-state index is -0.572. The number of pyridine rings is 1. The number of rotatable bonds is 7. The summed E-state index contributed by atoms with van der Waals surface area (Å²) < 4.78 is 12.8. The van der Waals surface area contributed by atoms with E-state index >= 15 is 0 Å². The molecule has 0 saturated carbocycles. The zero-order chi connectivity index (χ0) is 24.2. The summed E-state index contributed by atoms with van der Waals surface area (Å²) in [4.78, 5) is 37.3. The lowest BCUT2D eigenvalue weighted by atomic mass is 10.0. The number of carbonyl (C=O) groups excluding carboxylic acids is 2. The van der Waals surface area contributed by atoms with Crippen molar-refractivity contribution in [2.24, 2.45) is 0 Å². The number of nitrogens with zero attached hydrogens (tertiary/aromatic N) is 1. The van der Waals surface area contributed by atoms with Crippen LogP contribution in [0.4, 0.5) is 5.69 Å². The lowest BCUT2D eigenvalue weighted by Gasteiger charge is -2.15. The number of amides is 1. The number of hydrogen-bond donors (Lipinski definition) is 1. The van der Waals surface area contributed by atoms with E-state index in [2.05, 4.69) is 5.32 Å². The second-order valence-corrected chi connectivity index (χ2v) is 8.53. The molecule has 0 spiro atoms. The molecule has 0 aliphatic carbocycles. The van der Waals surface area contributed by atoms with Crippen LogP contribution in [0.5, 0.6) is 5.75 Å². The van der Waals surface area contributed by atoms with E-state index in [1.165, 1.54) is 25.4 Å². The first kappa shape index (κ1) is 23.3. The monoisotopic (exact) mass is 476 g/mol. The second kappa shape index (κ2) is 9.93. The fraction of sp³-hybridized carbons (Fsp3) is 0.192. The van der Waals surface area contributed by atoms with Crippen LogP contribution in [-0.4, -0.2) is 30.2 Å². The maximum Gasteiger partial charge on any atom is 0.343 e. The number of carbonyl (C=O) groups is 2. The van der Waals surface area contributed by atoms with Crippen molar-refractivity contribution in [2.75, 3.05) is 19.0 Å². The molecule has 4 rings (SSSR count). The summed E-state index contributed by atoms with van der Waals surface area (Å²) in [6.45, 7) is 3.69. The topological polar surface area (TPSA) is 86.6 Å². The molecule has 0 aliphatic heterocycles. The molecule has 0 atom stereocenters. The Morgan fingerprint density at radius 2 is 1.79 bits per heavy atom. The summed E-state index contributed by atoms with van der Waals surface area (Å²) in [6, 6.07) is 17.3. The maximum atomic E-state index is 13.3. The van der Waals surface area contributed by atoms with Gasteiger partial charge in [-0.05, 0) is 53.3 Å². The fourth-order valence-corrected chi connectivity index (χ4v) is 4.82. The summed E-state index contributed by atoms with van der Waals surface area (Å²) in [6.07, 6.45) is 0. The molecule has 1 amide bonds. The zero-order valence-electron chi connectivity index (χ0n) is 19.1. The van der Waals surface area contributed by atoms with Gasteiger partial charge in [-0.25, -0.2) is 4.79 Å². The molecule has 0 fully saturated rings. The predicted molar refractivity (Wildman–Crippen MR) is 134 cm³/mol. The Labute approximate surface area is 200 Å². The van der Waals surface area contributed by atoms with Crippen LogP contribution in [0.2, 0.25) is 0 Å². The highest BCUT2D eigenvalue weighted by Crippen LogP contribution is 2.31. The molecule has 1 N–H and O–H groups in total. The highest BCUT2D eigenvalue weighted by molar-refractivity contribution is 7.17. The summed E-state index contributed by atoms with van der Waals surface area (Å²) in [5.74, 6) is -0.727. The van der Waals surface area contributed by atoms with E-state index in [0.717, 1.165) is 16.7 Å². The number of methoxy groups -OCH3 is 1. The summed E-state index contributed by atoms with van der Waals surface area (Å²) >= 11 is 1.36. The van der Waals surface area contributed by atoms with Gasteiger partial charge in [-0.1, -0.05) is 30.3 Å². The first-order valence-electron chi connectivity index (χ1n) is 10.7. The number of ether oxygens (including phenoxy) is 2. The number of esters is 1. The van der Waals surface area contributed by atoms with Gasteiger partial charge in [-0.2, -0.15) is 0 Å². The standard InChI is InChI=1S/C26H24N2O5S/c1-4-33-26(31)22-23(32-3)25(30)28(21-11-12-34-24(21)22)15-17-7-5-8-18(13-17)19-9-6-10-20(14-19)27-16(2)29/h5-14H,4,15H2,1-3H3,(H,27,29). The van der Waals surface area contributed by atoms with Crippen molar-refractivity contribution in [3.63, 3.8) is 0 Å². The third-order valence-corrected chi connectivity index (χ3v) is 6.22. The van der Waals surface area contributed by atoms with E-state index < -0.39 is 11.5 Å². The number of fused-ring (bicyclic) bond motifs is 1. The van der Waals surface area contributed by atoms with Crippen molar-refractivity contribution < 1.29 is 19.1 Å². The van der Waals surface area contributed by atoms with Crippen LogP contribution in [0.1, 0.15) is 29.8 Å². The Kier molecular flexibility index (Phi) is 6.79. The number of hydrogen-bond acceptors (Lipinski definition) is 6. The van der Waals surface area contributed by atoms with Crippen LogP contribution in [0.25, 0.3) is 21.3 Å². The molecule has 0 bridgehead atoms. The van der Waals surface area contributed by atoms with Crippen LogP contribution in [0.3, 0.4) is 0 Å². The Hall–Kier alpha value is -3.91. The van der Waals surface area contributed by atoms with Gasteiger partial charge in [0.25, 0.3) is 5.56 Å². The molecule has 2 heterocycles. The zero-order valence-corrected chi connectivity index (χ0v) is 19.9. The first-order chi connectivity index (χ1) is 16.4. The Morgan fingerprint density at radius 1 is 1.06 bits per heavy atom. The van der Waals surface area contributed by atoms with Crippen molar-refractivity contribution in [1.29, 1.82) is 0 Å². The second-order valence-electron chi connectivity index (χ2n) is 7.62. The van der Waals surface area contributed by atoms with Crippen molar-refractivity contribution in [2.45, 2.75) is 20.4 Å². The molecule has 8 heteroatoms. The van der Waals surface area contributed by atoms with Crippen molar-refractivity contribution in [3.05, 3.63) is 81.5 Å². The molecule has 7 nitrogen and oxygen atoms in total. The number of aromatic nitrogens is 1. The largest absolute Gasteiger partial charge is 0.490 e. The normalized spacial score (nSPS) is 10.8. The van der Waals surface area contributed by atoms with E-state index in [9.17, 15) is 14.4 Å². The Balaban J connectivity index is 1.76. The molecular weight excluding hydrogens is 452 g/mol. The van der Waals surface area contributed by atoms with E-state index in [4.69, 9.17) is 9.47 Å². The van der Waals surface area contributed by atoms with E-state index in [1.807, 2.05) is 60.0 Å². The molecule has 2 aromatic carbocycles. The van der Waals surface area contributed by atoms with Crippen molar-refractivity contribution in [3.8, 4) is 16.9 Å². The molecule has 0 unspecified atom stereocenters. The fourth-order valence-electron chi connectivity index (χ4n) is 3.89. The van der Waals surface area contributed by atoms with Gasteiger partial charge in [-0.15, -0.1) is 11.3 Å². The van der Waals surface area contributed by atoms with Gasteiger partial charge in [0, 0.05) is 12.6 Å². The number of nitrogens with one attached hydrogen (secondary N) is 1. The van der Waals surface area contributed by atoms with Crippen LogP contribution in [0, 0.1) is 0 Å². The number of anilines is 1. The van der Waals surface area contributed by atoms with Crippen LogP contribution < -0.4 is 15.6 Å². The van der Waals surface area contributed by atoms with Crippen molar-refractivity contribution in [1.82, 2.24) is 4.57 Å². The van der Waals surface area contributed by atoms with E-state index in [1.54, 1.807) is 11.5 Å². The average Bonchev–Trinajstić information content (AvgIpc) is 3.30. The summed E-state index contributed by atoms with van der Waals surface area (Å²) in [7, 11) is 1.38. The molecular formula is C26H24N2O5S. The number of thiophene rings is 1. The molecule has 2 aromatic heterocycles. The predicted octanol–water partition coefficient (Wildman–Crippen LogP) is 4.92. The minimum absolute atomic E-state index is 0.0208. The van der Waals surface area contributed by atoms with Crippen LogP contribution in [-0.2, 0) is 16.1 Å². The van der Waals surface area contributed by atoms with Gasteiger partial charge in [0.05, 0.1) is 30.5 Å². The Morgan fingerprint density at radius 3 is 2.50 bits per heavy atom. The average molecular weight is 477 g/mol. The molecule has 4 aromatic rings. The molecule has 34 heavy (non-hydrogen) atoms. The molecule has 174 valence electrons. The SMILES string of the molecule is CCOC(=O)c1c(OC)c(=O)n(Cc2cccc(-c3cccc(NC(C)=O)c3)c2)c2ccsc12. The summed E-state index contributed by atoms with van der Waals surface area (Å²) in [5.41, 5.74) is 3.94. The van der Waals surface area contributed by atoms with Crippen LogP contribution in [0.15, 0.2) is 64.8 Å². The van der Waals surface area contributed by atoms with Gasteiger partial charge in [0.1, 0.15) is 5.56 Å². The highest BCUT2D eigenvalue weighted by atomic mass is 32.1. The lowest BCUT2D eigenvalue weighted by Crippen LogP contribution is -2.25. The van der Waals surface area contributed by atoms with Crippen LogP contribution >= 0.6 is 11.3 Å². The first-order valence-corrected chi connectivity index (χ1v) is 11.6. The van der Waals surface area contributed by atoms with Crippen molar-refractivity contribution >= 4 is 39.1 Å². The number of benzene rings is 2. The molecule has 0 saturated heterocycles. The maximum absolute atomic E-state index is 13.3. The quantitative estimate of drug-likeness (QED) is 0.383. The molecule has 0 aliphatic rings. The summed E-state index contributed by atoms with van der Waals surface area (Å²) in [5, 5.41) is 4.64. The van der Waals surface area contributed by atoms with Gasteiger partial charge >= 0.3 is 5.97 Å². The van der Waals surface area contributed by atoms with Gasteiger partial charge in [-0.3, -0.25) is 14.2 Å². The Bertz CT molecular complexity index is 1440. The third kappa shape index (κ3) is 4.58. The molecule has 0 radical (unpaired) electrons. The third-order valence-electron chi connectivity index (χ3n) is 5.30. The van der Waals surface area contributed by atoms with E-state index in [0.29, 0.717) is 22.4 Å². The minimum Gasteiger partial charge on any atom is -0.490 e.